The van der Waals surface area contributed by atoms with Gasteiger partial charge in [0.25, 0.3) is 0 Å². The van der Waals surface area contributed by atoms with Gasteiger partial charge in [0.1, 0.15) is 5.01 Å². The first-order valence-corrected chi connectivity index (χ1v) is 5.29. The lowest BCUT2D eigenvalue weighted by Gasteiger charge is -1.96. The van der Waals surface area contributed by atoms with Gasteiger partial charge in [-0.15, -0.1) is 11.3 Å². The molecule has 3 heteroatoms. The van der Waals surface area contributed by atoms with E-state index in [1.165, 1.54) is 4.70 Å². The van der Waals surface area contributed by atoms with E-state index in [1.807, 2.05) is 32.0 Å². The number of benzene rings is 1. The Bertz CT molecular complexity index is 460. The zero-order valence-electron chi connectivity index (χ0n) is 8.24. The number of rotatable bonds is 1. The van der Waals surface area contributed by atoms with E-state index < -0.39 is 0 Å². The Hall–Kier alpha value is -1.35. The van der Waals surface area contributed by atoms with Crippen LogP contribution in [0.15, 0.2) is 30.0 Å². The zero-order chi connectivity index (χ0) is 10.1. The Morgan fingerprint density at radius 1 is 1.29 bits per heavy atom. The molecule has 0 aliphatic carbocycles. The second-order valence-corrected chi connectivity index (χ2v) is 4.33. The van der Waals surface area contributed by atoms with Crippen molar-refractivity contribution in [1.82, 2.24) is 4.98 Å². The van der Waals surface area contributed by atoms with E-state index >= 15 is 0 Å². The highest BCUT2D eigenvalue weighted by molar-refractivity contribution is 7.19. The molecule has 2 N–H and O–H groups in total. The van der Waals surface area contributed by atoms with Crippen LogP contribution in [0.3, 0.4) is 0 Å². The molecular formula is C11H12N2S. The first kappa shape index (κ1) is 9.21. The quantitative estimate of drug-likeness (QED) is 0.775. The second kappa shape index (κ2) is 3.42. The molecular weight excluding hydrogens is 192 g/mol. The summed E-state index contributed by atoms with van der Waals surface area (Å²) in [5.74, 6) is 0. The first-order chi connectivity index (χ1) is 6.68. The Morgan fingerprint density at radius 3 is 2.64 bits per heavy atom. The van der Waals surface area contributed by atoms with Crippen molar-refractivity contribution in [2.75, 3.05) is 0 Å². The van der Waals surface area contributed by atoms with Gasteiger partial charge in [-0.2, -0.15) is 0 Å². The molecule has 0 unspecified atom stereocenters. The lowest BCUT2D eigenvalue weighted by atomic mass is 10.2. The molecule has 1 aromatic carbocycles. The standard InChI is InChI=1S/C11H12N2S/c1-7(8(2)12)11-13-9-5-3-4-6-10(9)14-11/h3-6H,12H2,1-2H3. The third-order valence-electron chi connectivity index (χ3n) is 2.21. The van der Waals surface area contributed by atoms with E-state index in [9.17, 15) is 0 Å². The Labute approximate surface area is 87.1 Å². The average Bonchev–Trinajstić information content (AvgIpc) is 2.59. The maximum absolute atomic E-state index is 5.74. The Balaban J connectivity index is 2.61. The summed E-state index contributed by atoms with van der Waals surface area (Å²) in [5.41, 5.74) is 8.70. The number of nitrogens with two attached hydrogens (primary N) is 1. The molecule has 2 nitrogen and oxygen atoms in total. The van der Waals surface area contributed by atoms with Crippen molar-refractivity contribution in [3.05, 3.63) is 35.0 Å². The largest absolute Gasteiger partial charge is 0.402 e. The number of hydrogen-bond donors (Lipinski definition) is 1. The molecule has 2 rings (SSSR count). The van der Waals surface area contributed by atoms with Crippen LogP contribution in [0.4, 0.5) is 0 Å². The molecule has 0 fully saturated rings. The smallest absolute Gasteiger partial charge is 0.121 e. The highest BCUT2D eigenvalue weighted by Gasteiger charge is 2.05. The molecule has 0 atom stereocenters. The van der Waals surface area contributed by atoms with Crippen LogP contribution in [0.5, 0.6) is 0 Å². The molecule has 0 aliphatic heterocycles. The number of aromatic nitrogens is 1. The number of allylic oxidation sites excluding steroid dienone is 2. The lowest BCUT2D eigenvalue weighted by molar-refractivity contribution is 1.28. The topological polar surface area (TPSA) is 38.9 Å². The predicted molar refractivity (Wildman–Crippen MR) is 62.1 cm³/mol. The van der Waals surface area contributed by atoms with Gasteiger partial charge < -0.3 is 5.73 Å². The van der Waals surface area contributed by atoms with Crippen molar-refractivity contribution in [1.29, 1.82) is 0 Å². The van der Waals surface area contributed by atoms with Crippen LogP contribution in [-0.2, 0) is 0 Å². The van der Waals surface area contributed by atoms with Gasteiger partial charge in [0.05, 0.1) is 10.2 Å². The van der Waals surface area contributed by atoms with Crippen LogP contribution in [0.2, 0.25) is 0 Å². The Morgan fingerprint density at radius 2 is 2.00 bits per heavy atom. The number of para-hydroxylation sites is 1. The molecule has 0 aliphatic rings. The van der Waals surface area contributed by atoms with Gasteiger partial charge in [0, 0.05) is 11.3 Å². The molecule has 0 spiro atoms. The highest BCUT2D eigenvalue weighted by Crippen LogP contribution is 2.27. The fourth-order valence-corrected chi connectivity index (χ4v) is 2.23. The van der Waals surface area contributed by atoms with Crippen LogP contribution in [-0.4, -0.2) is 4.98 Å². The van der Waals surface area contributed by atoms with Crippen LogP contribution >= 0.6 is 11.3 Å². The maximum atomic E-state index is 5.74. The van der Waals surface area contributed by atoms with Gasteiger partial charge in [0.2, 0.25) is 0 Å². The van der Waals surface area contributed by atoms with E-state index in [-0.39, 0.29) is 0 Å². The summed E-state index contributed by atoms with van der Waals surface area (Å²) in [6.45, 7) is 3.91. The molecule has 0 amide bonds. The minimum atomic E-state index is 0.837. The van der Waals surface area contributed by atoms with Crippen molar-refractivity contribution in [2.24, 2.45) is 5.73 Å². The summed E-state index contributed by atoms with van der Waals surface area (Å²) in [5, 5.41) is 1.02. The van der Waals surface area contributed by atoms with Crippen LogP contribution in [0.1, 0.15) is 18.9 Å². The van der Waals surface area contributed by atoms with Crippen LogP contribution < -0.4 is 5.73 Å². The van der Waals surface area contributed by atoms with E-state index in [0.29, 0.717) is 0 Å². The minimum absolute atomic E-state index is 0.837. The van der Waals surface area contributed by atoms with E-state index in [4.69, 9.17) is 5.73 Å². The number of nitrogens with zero attached hydrogens (tertiary/aromatic N) is 1. The van der Waals surface area contributed by atoms with Crippen molar-refractivity contribution >= 4 is 27.1 Å². The summed E-state index contributed by atoms with van der Waals surface area (Å²) in [4.78, 5) is 4.51. The van der Waals surface area contributed by atoms with Crippen LogP contribution in [0, 0.1) is 0 Å². The summed E-state index contributed by atoms with van der Waals surface area (Å²) in [6, 6.07) is 8.13. The van der Waals surface area contributed by atoms with Gasteiger partial charge in [-0.05, 0) is 26.0 Å². The van der Waals surface area contributed by atoms with E-state index in [0.717, 1.165) is 21.8 Å². The summed E-state index contributed by atoms with van der Waals surface area (Å²) < 4.78 is 1.21. The van der Waals surface area contributed by atoms with E-state index in [1.54, 1.807) is 11.3 Å². The summed E-state index contributed by atoms with van der Waals surface area (Å²) in [6.07, 6.45) is 0. The fourth-order valence-electron chi connectivity index (χ4n) is 1.20. The van der Waals surface area contributed by atoms with Gasteiger partial charge in [-0.3, -0.25) is 0 Å². The molecule has 1 aromatic heterocycles. The van der Waals surface area contributed by atoms with Crippen molar-refractivity contribution in [3.8, 4) is 0 Å². The second-order valence-electron chi connectivity index (χ2n) is 3.29. The number of fused-ring (bicyclic) bond motifs is 1. The van der Waals surface area contributed by atoms with Gasteiger partial charge in [-0.25, -0.2) is 4.98 Å². The summed E-state index contributed by atoms with van der Waals surface area (Å²) >= 11 is 1.68. The molecule has 72 valence electrons. The average molecular weight is 204 g/mol. The van der Waals surface area contributed by atoms with Crippen molar-refractivity contribution in [2.45, 2.75) is 13.8 Å². The Kier molecular flexibility index (Phi) is 2.25. The van der Waals surface area contributed by atoms with Crippen molar-refractivity contribution in [3.63, 3.8) is 0 Å². The number of hydrogen-bond acceptors (Lipinski definition) is 3. The minimum Gasteiger partial charge on any atom is -0.402 e. The molecule has 0 radical (unpaired) electrons. The fraction of sp³-hybridized carbons (Fsp3) is 0.182. The molecule has 1 heterocycles. The van der Waals surface area contributed by atoms with Gasteiger partial charge in [0.15, 0.2) is 0 Å². The van der Waals surface area contributed by atoms with Crippen molar-refractivity contribution < 1.29 is 0 Å². The molecule has 0 saturated carbocycles. The first-order valence-electron chi connectivity index (χ1n) is 4.47. The SMILES string of the molecule is CC(N)=C(C)c1nc2ccccc2s1. The molecule has 2 aromatic rings. The van der Waals surface area contributed by atoms with Crippen LogP contribution in [0.25, 0.3) is 15.8 Å². The highest BCUT2D eigenvalue weighted by atomic mass is 32.1. The maximum Gasteiger partial charge on any atom is 0.121 e. The molecule has 0 bridgehead atoms. The summed E-state index contributed by atoms with van der Waals surface area (Å²) in [7, 11) is 0. The van der Waals surface area contributed by atoms with Gasteiger partial charge in [-0.1, -0.05) is 12.1 Å². The molecule has 14 heavy (non-hydrogen) atoms. The normalized spacial score (nSPS) is 13.0. The van der Waals surface area contributed by atoms with E-state index in [2.05, 4.69) is 11.1 Å². The molecule has 0 saturated heterocycles. The van der Waals surface area contributed by atoms with Gasteiger partial charge >= 0.3 is 0 Å². The number of thiazole rings is 1. The third kappa shape index (κ3) is 1.51. The monoisotopic (exact) mass is 204 g/mol. The third-order valence-corrected chi connectivity index (χ3v) is 3.36. The zero-order valence-corrected chi connectivity index (χ0v) is 9.06. The lowest BCUT2D eigenvalue weighted by Crippen LogP contribution is -1.94. The predicted octanol–water partition coefficient (Wildman–Crippen LogP) is 3.01.